The molecule has 2 aromatic carbocycles. The number of carbonyl (C=O) groups excluding carboxylic acids is 3. The van der Waals surface area contributed by atoms with Crippen LogP contribution in [0.4, 0.5) is 0 Å². The highest BCUT2D eigenvalue weighted by atomic mass is 32.2. The first kappa shape index (κ1) is 24.3. The number of allylic oxidation sites excluding steroid dienone is 4. The maximum Gasteiger partial charge on any atom is 0.220 e. The molecule has 0 amide bonds. The Kier molecular flexibility index (Phi) is 7.76. The molecule has 3 rings (SSSR count). The summed E-state index contributed by atoms with van der Waals surface area (Å²) in [7, 11) is 4.45. The van der Waals surface area contributed by atoms with Gasteiger partial charge in [-0.3, -0.25) is 14.4 Å². The maximum absolute atomic E-state index is 13.2. The quantitative estimate of drug-likeness (QED) is 0.467. The van der Waals surface area contributed by atoms with Crippen LogP contribution < -0.4 is 14.2 Å². The van der Waals surface area contributed by atoms with Gasteiger partial charge in [0.25, 0.3) is 0 Å². The molecule has 0 aliphatic heterocycles. The molecule has 0 saturated carbocycles. The van der Waals surface area contributed by atoms with Crippen molar-refractivity contribution >= 4 is 28.4 Å². The number of hydrogen-bond donors (Lipinski definition) is 0. The molecule has 0 aromatic heterocycles. The lowest BCUT2D eigenvalue weighted by atomic mass is 9.89. The molecular formula is C26H26O6S. The number of hydrogen-bond acceptors (Lipinski definition) is 7. The van der Waals surface area contributed by atoms with Crippen LogP contribution in [0.1, 0.15) is 62.2 Å². The van der Waals surface area contributed by atoms with Crippen molar-refractivity contribution in [1.82, 2.24) is 0 Å². The highest BCUT2D eigenvalue weighted by molar-refractivity contribution is 8.14. The fourth-order valence-electron chi connectivity index (χ4n) is 3.61. The monoisotopic (exact) mass is 466 g/mol. The number of fused-ring (bicyclic) bond motifs is 1. The van der Waals surface area contributed by atoms with Gasteiger partial charge < -0.3 is 14.2 Å². The van der Waals surface area contributed by atoms with Gasteiger partial charge in [0.15, 0.2) is 11.6 Å². The summed E-state index contributed by atoms with van der Waals surface area (Å²) < 4.78 is 16.4. The van der Waals surface area contributed by atoms with Crippen molar-refractivity contribution in [2.45, 2.75) is 25.5 Å². The zero-order valence-electron chi connectivity index (χ0n) is 19.3. The van der Waals surface area contributed by atoms with E-state index in [1.807, 2.05) is 19.9 Å². The minimum absolute atomic E-state index is 0.151. The van der Waals surface area contributed by atoms with Crippen molar-refractivity contribution in [1.29, 1.82) is 0 Å². The largest absolute Gasteiger partial charge is 0.497 e. The van der Waals surface area contributed by atoms with Gasteiger partial charge in [0.05, 0.1) is 32.5 Å². The number of ether oxygens (including phenoxy) is 3. The van der Waals surface area contributed by atoms with Crippen LogP contribution >= 0.6 is 11.8 Å². The summed E-state index contributed by atoms with van der Waals surface area (Å²) in [6.45, 7) is 3.95. The van der Waals surface area contributed by atoms with Crippen LogP contribution in [-0.2, 0) is 0 Å². The molecule has 7 heteroatoms. The molecule has 1 aliphatic carbocycles. The Morgan fingerprint density at radius 3 is 2.27 bits per heavy atom. The second-order valence-electron chi connectivity index (χ2n) is 7.66. The first-order chi connectivity index (χ1) is 15.8. The Balaban J connectivity index is 2.13. The summed E-state index contributed by atoms with van der Waals surface area (Å²) >= 11 is 1.12. The molecule has 172 valence electrons. The predicted octanol–water partition coefficient (Wildman–Crippen LogP) is 5.62. The summed E-state index contributed by atoms with van der Waals surface area (Å²) in [5.74, 6) is 0.483. The van der Waals surface area contributed by atoms with Crippen molar-refractivity contribution in [3.63, 3.8) is 0 Å². The molecule has 0 saturated heterocycles. The summed E-state index contributed by atoms with van der Waals surface area (Å²) in [5, 5.41) is -0.538. The molecule has 0 radical (unpaired) electrons. The summed E-state index contributed by atoms with van der Waals surface area (Å²) in [6.07, 6.45) is 5.00. The molecule has 2 aromatic rings. The summed E-state index contributed by atoms with van der Waals surface area (Å²) in [6, 6.07) is 8.64. The Morgan fingerprint density at radius 1 is 0.970 bits per heavy atom. The lowest BCUT2D eigenvalue weighted by Gasteiger charge is -2.24. The molecule has 0 spiro atoms. The maximum atomic E-state index is 13.2. The zero-order chi connectivity index (χ0) is 24.1. The van der Waals surface area contributed by atoms with Gasteiger partial charge in [-0.05, 0) is 50.6 Å². The van der Waals surface area contributed by atoms with Gasteiger partial charge in [0.2, 0.25) is 5.12 Å². The van der Waals surface area contributed by atoms with Gasteiger partial charge in [-0.2, -0.15) is 0 Å². The van der Waals surface area contributed by atoms with E-state index in [2.05, 4.69) is 0 Å². The third-order valence-electron chi connectivity index (χ3n) is 5.22. The van der Waals surface area contributed by atoms with Gasteiger partial charge >= 0.3 is 0 Å². The van der Waals surface area contributed by atoms with Gasteiger partial charge in [-0.15, -0.1) is 0 Å². The van der Waals surface area contributed by atoms with E-state index in [4.69, 9.17) is 14.2 Å². The lowest BCUT2D eigenvalue weighted by Crippen LogP contribution is -2.17. The van der Waals surface area contributed by atoms with Gasteiger partial charge in [-0.1, -0.05) is 35.5 Å². The van der Waals surface area contributed by atoms with E-state index in [1.54, 1.807) is 37.4 Å². The van der Waals surface area contributed by atoms with E-state index < -0.39 is 0 Å². The molecule has 33 heavy (non-hydrogen) atoms. The van der Waals surface area contributed by atoms with E-state index in [0.717, 1.165) is 17.3 Å². The molecule has 1 unspecified atom stereocenters. The Hall–Kier alpha value is -3.32. The lowest BCUT2D eigenvalue weighted by molar-refractivity contribution is 0.0988. The van der Waals surface area contributed by atoms with E-state index in [9.17, 15) is 14.4 Å². The smallest absolute Gasteiger partial charge is 0.220 e. The molecule has 0 N–H and O–H groups in total. The van der Waals surface area contributed by atoms with Crippen molar-refractivity contribution in [2.24, 2.45) is 0 Å². The zero-order valence-corrected chi connectivity index (χ0v) is 20.1. The normalized spacial score (nSPS) is 13.2. The average molecular weight is 467 g/mol. The molecule has 0 heterocycles. The molecular weight excluding hydrogens is 440 g/mol. The molecule has 6 nitrogen and oxygen atoms in total. The number of benzene rings is 2. The summed E-state index contributed by atoms with van der Waals surface area (Å²) in [4.78, 5) is 38.5. The number of ketones is 2. The van der Waals surface area contributed by atoms with Crippen LogP contribution in [0.3, 0.4) is 0 Å². The van der Waals surface area contributed by atoms with E-state index >= 15 is 0 Å². The number of methoxy groups -OCH3 is 3. The minimum Gasteiger partial charge on any atom is -0.497 e. The van der Waals surface area contributed by atoms with Crippen LogP contribution in [-0.4, -0.2) is 38.0 Å². The van der Waals surface area contributed by atoms with Crippen LogP contribution in [0.5, 0.6) is 17.2 Å². The van der Waals surface area contributed by atoms with Crippen molar-refractivity contribution in [3.8, 4) is 17.2 Å². The number of carbonyl (C=O) groups is 3. The highest BCUT2D eigenvalue weighted by Crippen LogP contribution is 2.46. The van der Waals surface area contributed by atoms with Gasteiger partial charge in [0, 0.05) is 16.4 Å². The van der Waals surface area contributed by atoms with Gasteiger partial charge in [0.1, 0.15) is 17.2 Å². The standard InChI is InChI=1S/C26H26O6S/c1-15(2)9-12-22(33-26(29)16-7-6-8-17(13-16)30-3)18-14-21(31-4)23-19(27)10-11-20(28)24(23)25(18)32-5/h6-11,13-14,22H,12H2,1-5H3. The van der Waals surface area contributed by atoms with Crippen LogP contribution in [0.25, 0.3) is 0 Å². The Morgan fingerprint density at radius 2 is 1.67 bits per heavy atom. The molecule has 0 fully saturated rings. The van der Waals surface area contributed by atoms with E-state index in [-0.39, 0.29) is 44.6 Å². The second-order valence-corrected chi connectivity index (χ2v) is 8.83. The molecule has 1 atom stereocenters. The van der Waals surface area contributed by atoms with Crippen molar-refractivity contribution in [3.05, 3.63) is 76.4 Å². The van der Waals surface area contributed by atoms with Crippen molar-refractivity contribution < 1.29 is 28.6 Å². The predicted molar refractivity (Wildman–Crippen MR) is 129 cm³/mol. The van der Waals surface area contributed by atoms with Crippen LogP contribution in [0, 0.1) is 0 Å². The Labute approximate surface area is 197 Å². The first-order valence-corrected chi connectivity index (χ1v) is 11.2. The number of thioether (sulfide) groups is 1. The SMILES string of the molecule is COc1cccc(C(=O)SC(CC=C(C)C)c2cc(OC)c3c(c2OC)C(=O)C=CC3=O)c1. The summed E-state index contributed by atoms with van der Waals surface area (Å²) in [5.41, 5.74) is 2.54. The third kappa shape index (κ3) is 5.20. The average Bonchev–Trinajstić information content (AvgIpc) is 2.82. The van der Waals surface area contributed by atoms with E-state index in [0.29, 0.717) is 23.3 Å². The van der Waals surface area contributed by atoms with Crippen molar-refractivity contribution in [2.75, 3.05) is 21.3 Å². The topological polar surface area (TPSA) is 78.9 Å². The van der Waals surface area contributed by atoms with Gasteiger partial charge in [-0.25, -0.2) is 0 Å². The van der Waals surface area contributed by atoms with Crippen LogP contribution in [0.2, 0.25) is 0 Å². The van der Waals surface area contributed by atoms with Crippen LogP contribution in [0.15, 0.2) is 54.1 Å². The molecule has 0 bridgehead atoms. The van der Waals surface area contributed by atoms with E-state index in [1.165, 1.54) is 26.4 Å². The first-order valence-electron chi connectivity index (χ1n) is 10.3. The Bertz CT molecular complexity index is 1160. The fourth-order valence-corrected chi connectivity index (χ4v) is 4.62. The fraction of sp³-hybridized carbons (Fsp3) is 0.269. The number of rotatable bonds is 8. The molecule has 1 aliphatic rings. The minimum atomic E-state index is -0.387. The second kappa shape index (κ2) is 10.5. The third-order valence-corrected chi connectivity index (χ3v) is 6.40. The highest BCUT2D eigenvalue weighted by Gasteiger charge is 2.32.